The predicted molar refractivity (Wildman–Crippen MR) is 85.8 cm³/mol. The number of aromatic nitrogens is 3. The third kappa shape index (κ3) is 2.62. The van der Waals surface area contributed by atoms with E-state index in [9.17, 15) is 4.79 Å². The number of Topliss-reactive ketones (excluding diaryl/α,β-unsaturated/α-hetero) is 1. The van der Waals surface area contributed by atoms with Crippen molar-refractivity contribution in [2.45, 2.75) is 19.9 Å². The van der Waals surface area contributed by atoms with E-state index >= 15 is 0 Å². The number of carbonyl (C=O) groups excluding carboxylic acids is 1. The fourth-order valence-corrected chi connectivity index (χ4v) is 3.53. The molecule has 1 fully saturated rings. The molecule has 0 spiro atoms. The molecule has 0 radical (unpaired) electrons. The molecule has 1 aliphatic heterocycles. The SMILES string of the molecule is CCC(=O)c1c(Br)c2c(N)ncnn2c1CN1CCOCC1. The fraction of sp³-hybridized carbons (Fsp3) is 0.500. The number of nitrogens with two attached hydrogens (primary N) is 1. The zero-order chi connectivity index (χ0) is 15.7. The van der Waals surface area contributed by atoms with Crippen LogP contribution in [0.1, 0.15) is 29.4 Å². The van der Waals surface area contributed by atoms with Crippen LogP contribution >= 0.6 is 15.9 Å². The number of anilines is 1. The van der Waals surface area contributed by atoms with Crippen molar-refractivity contribution < 1.29 is 9.53 Å². The van der Waals surface area contributed by atoms with E-state index in [0.717, 1.165) is 18.8 Å². The summed E-state index contributed by atoms with van der Waals surface area (Å²) >= 11 is 3.51. The lowest BCUT2D eigenvalue weighted by Crippen LogP contribution is -2.36. The number of morpholine rings is 1. The maximum Gasteiger partial charge on any atom is 0.165 e. The van der Waals surface area contributed by atoms with Gasteiger partial charge in [-0.3, -0.25) is 9.69 Å². The molecule has 2 aromatic rings. The molecule has 0 aromatic carbocycles. The molecule has 0 atom stereocenters. The van der Waals surface area contributed by atoms with Gasteiger partial charge in [0.2, 0.25) is 0 Å². The lowest BCUT2D eigenvalue weighted by atomic mass is 10.1. The molecular weight excluding hydrogens is 350 g/mol. The molecule has 0 unspecified atom stereocenters. The second-order valence-electron chi connectivity index (χ2n) is 5.21. The number of hydrogen-bond acceptors (Lipinski definition) is 6. The van der Waals surface area contributed by atoms with E-state index < -0.39 is 0 Å². The van der Waals surface area contributed by atoms with E-state index in [4.69, 9.17) is 10.5 Å². The molecule has 118 valence electrons. The van der Waals surface area contributed by atoms with Crippen LogP contribution in [-0.2, 0) is 11.3 Å². The van der Waals surface area contributed by atoms with Crippen molar-refractivity contribution in [3.63, 3.8) is 0 Å². The first kappa shape index (κ1) is 15.4. The molecule has 2 N–H and O–H groups in total. The lowest BCUT2D eigenvalue weighted by molar-refractivity contribution is 0.0333. The first-order valence-corrected chi connectivity index (χ1v) is 8.05. The van der Waals surface area contributed by atoms with Crippen LogP contribution < -0.4 is 5.73 Å². The van der Waals surface area contributed by atoms with Gasteiger partial charge in [-0.1, -0.05) is 6.92 Å². The summed E-state index contributed by atoms with van der Waals surface area (Å²) < 4.78 is 7.79. The fourth-order valence-electron chi connectivity index (χ4n) is 2.71. The van der Waals surface area contributed by atoms with Crippen LogP contribution in [0.2, 0.25) is 0 Å². The van der Waals surface area contributed by atoms with Gasteiger partial charge in [0, 0.05) is 26.1 Å². The number of ketones is 1. The first-order chi connectivity index (χ1) is 10.6. The highest BCUT2D eigenvalue weighted by Crippen LogP contribution is 2.32. The average molecular weight is 368 g/mol. The normalized spacial score (nSPS) is 16.3. The van der Waals surface area contributed by atoms with Crippen LogP contribution in [0.3, 0.4) is 0 Å². The molecule has 3 heterocycles. The number of carbonyl (C=O) groups is 1. The molecule has 7 nitrogen and oxygen atoms in total. The minimum atomic E-state index is 0.0695. The summed E-state index contributed by atoms with van der Waals surface area (Å²) in [6, 6.07) is 0. The molecule has 0 saturated carbocycles. The smallest absolute Gasteiger partial charge is 0.165 e. The van der Waals surface area contributed by atoms with Gasteiger partial charge in [-0.2, -0.15) is 5.10 Å². The van der Waals surface area contributed by atoms with Gasteiger partial charge in [0.1, 0.15) is 11.8 Å². The Morgan fingerprint density at radius 2 is 2.18 bits per heavy atom. The van der Waals surface area contributed by atoms with E-state index in [2.05, 4.69) is 30.9 Å². The lowest BCUT2D eigenvalue weighted by Gasteiger charge is -2.26. The van der Waals surface area contributed by atoms with Crippen LogP contribution in [0.5, 0.6) is 0 Å². The quantitative estimate of drug-likeness (QED) is 0.824. The molecule has 1 saturated heterocycles. The Hall–Kier alpha value is -1.51. The number of nitrogen functional groups attached to an aromatic ring is 1. The monoisotopic (exact) mass is 367 g/mol. The van der Waals surface area contributed by atoms with E-state index in [0.29, 0.717) is 47.6 Å². The summed E-state index contributed by atoms with van der Waals surface area (Å²) in [5.74, 6) is 0.431. The van der Waals surface area contributed by atoms with E-state index in [1.807, 2.05) is 6.92 Å². The van der Waals surface area contributed by atoms with Gasteiger partial charge in [-0.15, -0.1) is 0 Å². The third-order valence-electron chi connectivity index (χ3n) is 3.87. The molecule has 1 aliphatic rings. The first-order valence-electron chi connectivity index (χ1n) is 7.26. The van der Waals surface area contributed by atoms with Gasteiger partial charge in [0.25, 0.3) is 0 Å². The van der Waals surface area contributed by atoms with Gasteiger partial charge in [-0.25, -0.2) is 9.50 Å². The van der Waals surface area contributed by atoms with E-state index in [1.165, 1.54) is 6.33 Å². The molecule has 0 amide bonds. The van der Waals surface area contributed by atoms with Crippen molar-refractivity contribution in [1.29, 1.82) is 0 Å². The number of fused-ring (bicyclic) bond motifs is 1. The molecule has 0 aliphatic carbocycles. The molecule has 22 heavy (non-hydrogen) atoms. The van der Waals surface area contributed by atoms with Crippen molar-refractivity contribution in [1.82, 2.24) is 19.5 Å². The minimum Gasteiger partial charge on any atom is -0.382 e. The molecular formula is C14H18BrN5O2. The van der Waals surface area contributed by atoms with Crippen LogP contribution in [0.15, 0.2) is 10.8 Å². The Kier molecular flexibility index (Phi) is 4.42. The molecule has 0 bridgehead atoms. The largest absolute Gasteiger partial charge is 0.382 e. The number of halogens is 1. The van der Waals surface area contributed by atoms with E-state index in [-0.39, 0.29) is 5.78 Å². The summed E-state index contributed by atoms with van der Waals surface area (Å²) in [6.45, 7) is 5.58. The van der Waals surface area contributed by atoms with Crippen molar-refractivity contribution in [3.8, 4) is 0 Å². The summed E-state index contributed by atoms with van der Waals surface area (Å²) in [5, 5.41) is 4.29. The summed E-state index contributed by atoms with van der Waals surface area (Å²) in [4.78, 5) is 18.7. The highest BCUT2D eigenvalue weighted by Gasteiger charge is 2.25. The van der Waals surface area contributed by atoms with Gasteiger partial charge in [0.15, 0.2) is 11.6 Å². The zero-order valence-corrected chi connectivity index (χ0v) is 14.0. The third-order valence-corrected chi connectivity index (χ3v) is 4.64. The Balaban J connectivity index is 2.12. The maximum absolute atomic E-state index is 12.4. The standard InChI is InChI=1S/C14H18BrN5O2/c1-2-10(21)11-9(7-19-3-5-22-6-4-19)20-13(12(11)15)14(16)17-8-18-20/h8H,2-7H2,1H3,(H2,16,17,18). The zero-order valence-electron chi connectivity index (χ0n) is 12.4. The second kappa shape index (κ2) is 6.31. The van der Waals surface area contributed by atoms with Crippen LogP contribution in [0.4, 0.5) is 5.82 Å². The van der Waals surface area contributed by atoms with Crippen molar-refractivity contribution >= 4 is 33.0 Å². The Morgan fingerprint density at radius 1 is 1.45 bits per heavy atom. The van der Waals surface area contributed by atoms with Gasteiger partial charge in [0.05, 0.1) is 28.9 Å². The van der Waals surface area contributed by atoms with Gasteiger partial charge in [-0.05, 0) is 15.9 Å². The predicted octanol–water partition coefficient (Wildman–Crippen LogP) is 1.50. The topological polar surface area (TPSA) is 85.8 Å². The summed E-state index contributed by atoms with van der Waals surface area (Å²) in [6.07, 6.45) is 1.84. The maximum atomic E-state index is 12.4. The van der Waals surface area contributed by atoms with Crippen molar-refractivity contribution in [3.05, 3.63) is 22.1 Å². The number of nitrogens with zero attached hydrogens (tertiary/aromatic N) is 4. The molecule has 2 aromatic heterocycles. The molecule has 8 heteroatoms. The minimum absolute atomic E-state index is 0.0695. The van der Waals surface area contributed by atoms with E-state index in [1.54, 1.807) is 4.52 Å². The van der Waals surface area contributed by atoms with Gasteiger partial charge < -0.3 is 10.5 Å². The van der Waals surface area contributed by atoms with Crippen LogP contribution in [-0.4, -0.2) is 51.6 Å². The van der Waals surface area contributed by atoms with Crippen molar-refractivity contribution in [2.24, 2.45) is 0 Å². The van der Waals surface area contributed by atoms with Crippen LogP contribution in [0, 0.1) is 0 Å². The highest BCUT2D eigenvalue weighted by atomic mass is 79.9. The second-order valence-corrected chi connectivity index (χ2v) is 6.00. The summed E-state index contributed by atoms with van der Waals surface area (Å²) in [7, 11) is 0. The highest BCUT2D eigenvalue weighted by molar-refractivity contribution is 9.10. The number of rotatable bonds is 4. The number of hydrogen-bond donors (Lipinski definition) is 1. The molecule has 3 rings (SSSR count). The number of ether oxygens (including phenoxy) is 1. The van der Waals surface area contributed by atoms with Gasteiger partial charge >= 0.3 is 0 Å². The van der Waals surface area contributed by atoms with Crippen LogP contribution in [0.25, 0.3) is 5.52 Å². The summed E-state index contributed by atoms with van der Waals surface area (Å²) in [5.41, 5.74) is 8.13. The Morgan fingerprint density at radius 3 is 2.86 bits per heavy atom. The average Bonchev–Trinajstić information content (AvgIpc) is 2.81. The Labute approximate surface area is 136 Å². The Bertz CT molecular complexity index is 709. The van der Waals surface area contributed by atoms with Crippen molar-refractivity contribution in [2.75, 3.05) is 32.0 Å².